The van der Waals surface area contributed by atoms with Gasteiger partial charge in [0.1, 0.15) is 0 Å². The van der Waals surface area contributed by atoms with E-state index in [1.165, 1.54) is 0 Å². The van der Waals surface area contributed by atoms with Crippen LogP contribution in [0.5, 0.6) is 0 Å². The van der Waals surface area contributed by atoms with Crippen LogP contribution < -0.4 is 0 Å². The second-order valence-corrected chi connectivity index (χ2v) is 0. The minimum absolute atomic E-state index is 0. The third-order valence-corrected chi connectivity index (χ3v) is 0. The van der Waals surface area contributed by atoms with Crippen molar-refractivity contribution in [1.82, 2.24) is 0 Å². The van der Waals surface area contributed by atoms with Crippen molar-refractivity contribution in [3.63, 3.8) is 0 Å². The fourth-order valence-corrected chi connectivity index (χ4v) is 0. The molecule has 0 aliphatic rings. The molecule has 0 saturated carbocycles. The van der Waals surface area contributed by atoms with Gasteiger partial charge in [0.2, 0.25) is 0 Å². The molecule has 0 aliphatic carbocycles. The zero-order valence-corrected chi connectivity index (χ0v) is 5.44. The zero-order valence-electron chi connectivity index (χ0n) is 3.60. The molecule has 0 heterocycles. The Labute approximate surface area is 61.0 Å². The van der Waals surface area contributed by atoms with Crippen molar-refractivity contribution in [3.05, 3.63) is 12.8 Å². The van der Waals surface area contributed by atoms with Crippen molar-refractivity contribution in [2.24, 2.45) is 0 Å². The normalized spacial score (nSPS) is 2.80. The van der Waals surface area contributed by atoms with Crippen molar-refractivity contribution >= 4 is 6.69 Å². The predicted octanol–water partition coefficient (Wildman–Crippen LogP) is 1.34. The molecule has 0 rings (SSSR count). The van der Waals surface area contributed by atoms with Gasteiger partial charge in [-0.1, -0.05) is 7.43 Å². The first-order chi connectivity index (χ1) is 1.41. The van der Waals surface area contributed by atoms with Gasteiger partial charge in [-0.25, -0.2) is 6.69 Å². The predicted molar refractivity (Wildman–Crippen MR) is 23.6 cm³/mol. The molecule has 1 nitrogen and oxygen atoms in total. The van der Waals surface area contributed by atoms with Crippen molar-refractivity contribution in [1.29, 1.82) is 0 Å². The van der Waals surface area contributed by atoms with Crippen LogP contribution in [0.15, 0.2) is 0 Å². The maximum atomic E-state index is 7.11. The summed E-state index contributed by atoms with van der Waals surface area (Å²) in [5.74, 6) is 0. The zero-order chi connectivity index (χ0) is 2.71. The summed E-state index contributed by atoms with van der Waals surface area (Å²) in [7, 11) is 0. The summed E-state index contributed by atoms with van der Waals surface area (Å²) in [6, 6.07) is 0. The van der Waals surface area contributed by atoms with Crippen molar-refractivity contribution < 1.29 is 34.1 Å². The second-order valence-electron chi connectivity index (χ2n) is 0. The summed E-state index contributed by atoms with van der Waals surface area (Å²) < 4.78 is 5.64. The Hall–Kier alpha value is 0.774. The van der Waals surface area contributed by atoms with E-state index in [1.54, 1.807) is 0 Å². The van der Waals surface area contributed by atoms with E-state index in [0.717, 1.165) is 0 Å². The van der Waals surface area contributed by atoms with E-state index in [-0.39, 0.29) is 54.3 Å². The Balaban J connectivity index is -0.00000000667. The van der Waals surface area contributed by atoms with E-state index in [0.29, 0.717) is 0 Å². The molecule has 0 aromatic rings. The molecule has 5 heavy (non-hydrogen) atoms. The molecule has 0 spiro atoms. The Morgan fingerprint density at radius 1 is 1.80 bits per heavy atom. The van der Waals surface area contributed by atoms with Gasteiger partial charge < -0.3 is 12.8 Å². The fourth-order valence-electron chi connectivity index (χ4n) is 0. The van der Waals surface area contributed by atoms with Crippen LogP contribution in [0.3, 0.4) is 0 Å². The molecule has 0 saturated heterocycles. The van der Waals surface area contributed by atoms with Gasteiger partial charge in [0, 0.05) is 34.1 Å². The molecule has 0 aliphatic heterocycles. The van der Waals surface area contributed by atoms with Gasteiger partial charge in [0.25, 0.3) is 0 Å². The van der Waals surface area contributed by atoms with Crippen molar-refractivity contribution in [2.45, 2.75) is 7.43 Å². The van der Waals surface area contributed by atoms with Gasteiger partial charge in [0.05, 0.1) is 0 Å². The third-order valence-electron chi connectivity index (χ3n) is 0. The van der Waals surface area contributed by atoms with Gasteiger partial charge in [-0.3, -0.25) is 0 Å². The first-order valence-corrected chi connectivity index (χ1v) is 0.258. The molecule has 0 fully saturated rings. The summed E-state index contributed by atoms with van der Waals surface area (Å²) in [6.07, 6.45) is 0. The van der Waals surface area contributed by atoms with Crippen LogP contribution in [0.4, 0.5) is 0 Å². The first-order valence-electron chi connectivity index (χ1n) is 0.836. The Morgan fingerprint density at radius 2 is 1.80 bits per heavy atom. The minimum atomic E-state index is 0. The number of rotatable bonds is 0. The van der Waals surface area contributed by atoms with Gasteiger partial charge >= 0.3 is 0 Å². The van der Waals surface area contributed by atoms with Gasteiger partial charge in [0.15, 0.2) is 0 Å². The molecule has 0 aromatic carbocycles. The van der Waals surface area contributed by atoms with Crippen LogP contribution in [0.1, 0.15) is 8.80 Å². The summed E-state index contributed by atoms with van der Waals surface area (Å²) >= 11 is 0. The quantitative estimate of drug-likeness (QED) is 0.367. The molecule has 2 heteroatoms. The van der Waals surface area contributed by atoms with Crippen molar-refractivity contribution in [3.8, 4) is 0 Å². The molecular weight excluding hydrogens is 139 g/mol. The average molecular weight is 150 g/mol. The van der Waals surface area contributed by atoms with E-state index in [4.69, 9.17) is 6.78 Å². The summed E-state index contributed by atoms with van der Waals surface area (Å²) in [5, 5.41) is 7.11. The molecule has 0 aromatic heterocycles. The number of hydrogen-bond acceptors (Lipinski definition) is 0. The fraction of sp³-hybridized carbons (Fsp3) is 0.333. The van der Waals surface area contributed by atoms with Crippen LogP contribution >= 0.6 is 0 Å². The molecule has 1 radical (unpaired) electrons. The monoisotopic (exact) mass is 150 g/mol. The standard InChI is InChI=1S/CH2N.CH4.CH3.Y/c1-2;;;/h1H2;1H4;1H3;/q-1;;-1;/i1T;;;. The Morgan fingerprint density at radius 3 is 1.80 bits per heavy atom. The molecule has 0 N–H and O–H groups in total. The summed E-state index contributed by atoms with van der Waals surface area (Å²) in [4.78, 5) is 0. The van der Waals surface area contributed by atoms with Crippen LogP contribution in [-0.2, 0) is 32.7 Å². The van der Waals surface area contributed by atoms with E-state index < -0.39 is 0 Å². The maximum absolute atomic E-state index is 7.11. The average Bonchev–Trinajstić information content (AvgIpc) is 0.918. The van der Waals surface area contributed by atoms with E-state index in [9.17, 15) is 0 Å². The molecule has 0 unspecified atom stereocenters. The molecule has 0 bridgehead atoms. The van der Waals surface area contributed by atoms with Crippen LogP contribution in [0, 0.1) is 7.43 Å². The SMILES string of the molecule is C.[3H]C=[N-].[CH3-].[Y]. The van der Waals surface area contributed by atoms with Gasteiger partial charge in [-0.05, 0) is 0 Å². The molecule has 0 amide bonds. The summed E-state index contributed by atoms with van der Waals surface area (Å²) in [5.41, 5.74) is 0. The first kappa shape index (κ1) is 17.1. The smallest absolute Gasteiger partial charge is 0.0262 e. The second kappa shape index (κ2) is 114. The summed E-state index contributed by atoms with van der Waals surface area (Å²) in [6.45, 7) is 0.250. The number of hydrogen-bond donors (Lipinski definition) is 0. The minimum Gasteiger partial charge on any atom is -0.817 e. The third kappa shape index (κ3) is 61.3. The van der Waals surface area contributed by atoms with Crippen molar-refractivity contribution in [2.75, 3.05) is 0 Å². The molecule has 31 valence electrons. The maximum Gasteiger partial charge on any atom is 0.0262 e. The van der Waals surface area contributed by atoms with Crippen LogP contribution in [0.2, 0.25) is 0 Å². The van der Waals surface area contributed by atoms with Gasteiger partial charge in [-0.2, -0.15) is 0 Å². The Kier molecular flexibility index (Phi) is 388. The molecular formula is C3H9NY-2. The van der Waals surface area contributed by atoms with E-state index in [1.807, 2.05) is 0 Å². The van der Waals surface area contributed by atoms with E-state index >= 15 is 0 Å². The van der Waals surface area contributed by atoms with Gasteiger partial charge in [-0.15, -0.1) is 0 Å². The Bertz CT molecular complexity index is 18.3. The molecule has 0 atom stereocenters. The van der Waals surface area contributed by atoms with E-state index in [2.05, 4.69) is 0 Å². The number of nitrogens with zero attached hydrogens (tertiary/aromatic N) is 1. The largest absolute Gasteiger partial charge is 0.817 e. The van der Waals surface area contributed by atoms with Crippen LogP contribution in [0.25, 0.3) is 5.41 Å². The topological polar surface area (TPSA) is 22.3 Å². The van der Waals surface area contributed by atoms with Crippen LogP contribution in [-0.4, -0.2) is 6.69 Å².